The Balaban J connectivity index is 1.52. The van der Waals surface area contributed by atoms with E-state index in [1.807, 2.05) is 0 Å². The first-order valence-corrected chi connectivity index (χ1v) is 14.1. The van der Waals surface area contributed by atoms with E-state index in [0.29, 0.717) is 6.04 Å². The predicted molar refractivity (Wildman–Crippen MR) is 149 cm³/mol. The molecule has 0 spiro atoms. The van der Waals surface area contributed by atoms with Gasteiger partial charge in [-0.2, -0.15) is 0 Å². The number of anilines is 1. The highest BCUT2D eigenvalue weighted by Crippen LogP contribution is 2.41. The van der Waals surface area contributed by atoms with Crippen LogP contribution in [-0.4, -0.2) is 37.1 Å². The SMILES string of the molecule is c1ccc(P(c2ccccc2)c2ccc3ccccc3c2N2CCC[C@@H]2CN2CCCC2)cc1. The minimum absolute atomic E-state index is 0.603. The Labute approximate surface area is 205 Å². The highest BCUT2D eigenvalue weighted by atomic mass is 31.1. The van der Waals surface area contributed by atoms with Gasteiger partial charge < -0.3 is 9.80 Å². The number of rotatable bonds is 6. The van der Waals surface area contributed by atoms with Crippen molar-refractivity contribution in [3.63, 3.8) is 0 Å². The van der Waals surface area contributed by atoms with Crippen LogP contribution in [0.15, 0.2) is 97.1 Å². The molecule has 4 aromatic carbocycles. The molecule has 2 nitrogen and oxygen atoms in total. The summed E-state index contributed by atoms with van der Waals surface area (Å²) < 4.78 is 0. The molecule has 1 atom stereocenters. The van der Waals surface area contributed by atoms with Crippen LogP contribution in [0.4, 0.5) is 5.69 Å². The predicted octanol–water partition coefficient (Wildman–Crippen LogP) is 5.66. The molecule has 2 aliphatic rings. The maximum absolute atomic E-state index is 2.79. The molecule has 0 aliphatic carbocycles. The molecule has 0 bridgehead atoms. The van der Waals surface area contributed by atoms with E-state index in [1.165, 1.54) is 77.7 Å². The van der Waals surface area contributed by atoms with Crippen LogP contribution in [0.3, 0.4) is 0 Å². The molecule has 0 saturated carbocycles. The van der Waals surface area contributed by atoms with Crippen molar-refractivity contribution in [2.24, 2.45) is 0 Å². The molecular weight excluding hydrogens is 431 g/mol. The lowest BCUT2D eigenvalue weighted by Crippen LogP contribution is -2.41. The molecule has 2 saturated heterocycles. The number of likely N-dealkylation sites (tertiary alicyclic amines) is 1. The Morgan fingerprint density at radius 2 is 1.29 bits per heavy atom. The monoisotopic (exact) mass is 464 g/mol. The Hall–Kier alpha value is -2.67. The first-order chi connectivity index (χ1) is 16.9. The molecule has 0 radical (unpaired) electrons. The summed E-state index contributed by atoms with van der Waals surface area (Å²) in [5.41, 5.74) is 1.48. The number of benzene rings is 4. The van der Waals surface area contributed by atoms with E-state index in [0.717, 1.165) is 6.54 Å². The van der Waals surface area contributed by atoms with Crippen molar-refractivity contribution in [1.29, 1.82) is 0 Å². The normalized spacial score (nSPS) is 18.9. The van der Waals surface area contributed by atoms with Crippen LogP contribution >= 0.6 is 7.92 Å². The lowest BCUT2D eigenvalue weighted by Gasteiger charge is -2.34. The summed E-state index contributed by atoms with van der Waals surface area (Å²) in [6, 6.07) is 36.8. The second kappa shape index (κ2) is 9.90. The minimum Gasteiger partial charge on any atom is -0.366 e. The lowest BCUT2D eigenvalue weighted by atomic mass is 10.1. The zero-order valence-corrected chi connectivity index (χ0v) is 20.7. The number of hydrogen-bond donors (Lipinski definition) is 0. The maximum Gasteiger partial charge on any atom is 0.0533 e. The third-order valence-electron chi connectivity index (χ3n) is 7.48. The van der Waals surface area contributed by atoms with Crippen LogP contribution in [0.2, 0.25) is 0 Å². The lowest BCUT2D eigenvalue weighted by molar-refractivity contribution is 0.314. The molecule has 0 unspecified atom stereocenters. The Morgan fingerprint density at radius 1 is 0.647 bits per heavy atom. The highest BCUT2D eigenvalue weighted by Gasteiger charge is 2.32. The highest BCUT2D eigenvalue weighted by molar-refractivity contribution is 7.80. The maximum atomic E-state index is 2.79. The van der Waals surface area contributed by atoms with Gasteiger partial charge in [0.05, 0.1) is 5.69 Å². The molecule has 6 rings (SSSR count). The molecule has 2 fully saturated rings. The van der Waals surface area contributed by atoms with E-state index in [1.54, 1.807) is 0 Å². The van der Waals surface area contributed by atoms with E-state index in [4.69, 9.17) is 0 Å². The van der Waals surface area contributed by atoms with Crippen molar-refractivity contribution in [3.8, 4) is 0 Å². The average molecular weight is 465 g/mol. The summed E-state index contributed by atoms with van der Waals surface area (Å²) in [5.74, 6) is 0. The Bertz CT molecular complexity index is 1190. The number of fused-ring (bicyclic) bond motifs is 1. The fraction of sp³-hybridized carbons (Fsp3) is 0.290. The van der Waals surface area contributed by atoms with Crippen molar-refractivity contribution in [1.82, 2.24) is 4.90 Å². The summed E-state index contributed by atoms with van der Waals surface area (Å²) in [6.07, 6.45) is 5.31. The van der Waals surface area contributed by atoms with E-state index < -0.39 is 7.92 Å². The summed E-state index contributed by atoms with van der Waals surface area (Å²) in [4.78, 5) is 5.49. The van der Waals surface area contributed by atoms with Crippen molar-refractivity contribution in [3.05, 3.63) is 97.1 Å². The summed E-state index contributed by atoms with van der Waals surface area (Å²) >= 11 is 0. The van der Waals surface area contributed by atoms with Gasteiger partial charge in [0.1, 0.15) is 0 Å². The van der Waals surface area contributed by atoms with Crippen LogP contribution in [0.25, 0.3) is 10.8 Å². The van der Waals surface area contributed by atoms with Gasteiger partial charge in [0.25, 0.3) is 0 Å². The van der Waals surface area contributed by atoms with Crippen molar-refractivity contribution < 1.29 is 0 Å². The van der Waals surface area contributed by atoms with Crippen molar-refractivity contribution >= 4 is 40.3 Å². The smallest absolute Gasteiger partial charge is 0.0533 e. The topological polar surface area (TPSA) is 6.48 Å². The quantitative estimate of drug-likeness (QED) is 0.340. The van der Waals surface area contributed by atoms with Gasteiger partial charge in [-0.1, -0.05) is 97.1 Å². The fourth-order valence-corrected chi connectivity index (χ4v) is 8.37. The van der Waals surface area contributed by atoms with Crippen LogP contribution < -0.4 is 20.8 Å². The molecule has 0 N–H and O–H groups in total. The molecular formula is C31H33N2P. The molecule has 2 heterocycles. The zero-order chi connectivity index (χ0) is 22.7. The fourth-order valence-electron chi connectivity index (χ4n) is 5.89. The van der Waals surface area contributed by atoms with E-state index in [2.05, 4.69) is 107 Å². The van der Waals surface area contributed by atoms with Gasteiger partial charge in [0.15, 0.2) is 0 Å². The van der Waals surface area contributed by atoms with E-state index in [-0.39, 0.29) is 0 Å². The van der Waals surface area contributed by atoms with Crippen LogP contribution in [-0.2, 0) is 0 Å². The molecule has 172 valence electrons. The molecule has 34 heavy (non-hydrogen) atoms. The molecule has 4 aromatic rings. The number of hydrogen-bond acceptors (Lipinski definition) is 2. The number of nitrogens with zero attached hydrogens (tertiary/aromatic N) is 2. The summed E-state index contributed by atoms with van der Waals surface area (Å²) in [7, 11) is -0.646. The van der Waals surface area contributed by atoms with Gasteiger partial charge >= 0.3 is 0 Å². The van der Waals surface area contributed by atoms with Gasteiger partial charge in [0, 0.05) is 29.8 Å². The zero-order valence-electron chi connectivity index (χ0n) is 19.8. The molecule has 0 aromatic heterocycles. The third kappa shape index (κ3) is 4.26. The second-order valence-corrected chi connectivity index (χ2v) is 11.8. The molecule has 3 heteroatoms. The first kappa shape index (κ1) is 21.8. The summed E-state index contributed by atoms with van der Waals surface area (Å²) in [5, 5.41) is 7.11. The summed E-state index contributed by atoms with van der Waals surface area (Å²) in [6.45, 7) is 4.91. The van der Waals surface area contributed by atoms with E-state index in [9.17, 15) is 0 Å². The van der Waals surface area contributed by atoms with Crippen LogP contribution in [0, 0.1) is 0 Å². The van der Waals surface area contributed by atoms with E-state index >= 15 is 0 Å². The Morgan fingerprint density at radius 3 is 2.00 bits per heavy atom. The van der Waals surface area contributed by atoms with Crippen LogP contribution in [0.5, 0.6) is 0 Å². The van der Waals surface area contributed by atoms with Crippen molar-refractivity contribution in [2.45, 2.75) is 31.7 Å². The van der Waals surface area contributed by atoms with Crippen LogP contribution in [0.1, 0.15) is 25.7 Å². The van der Waals surface area contributed by atoms with Crippen molar-refractivity contribution in [2.75, 3.05) is 31.1 Å². The first-order valence-electron chi connectivity index (χ1n) is 12.8. The van der Waals surface area contributed by atoms with Gasteiger partial charge in [0.2, 0.25) is 0 Å². The molecule has 2 aliphatic heterocycles. The molecule has 0 amide bonds. The van der Waals surface area contributed by atoms with Gasteiger partial charge in [-0.25, -0.2) is 0 Å². The van der Waals surface area contributed by atoms with Gasteiger partial charge in [-0.15, -0.1) is 0 Å². The third-order valence-corrected chi connectivity index (χ3v) is 9.95. The van der Waals surface area contributed by atoms with Gasteiger partial charge in [-0.05, 0) is 62.7 Å². The largest absolute Gasteiger partial charge is 0.366 e. The average Bonchev–Trinajstić information content (AvgIpc) is 3.58. The standard InChI is InChI=1S/C31H33N2P/c1-3-14-27(15-4-1)34(28-16-5-2-6-17-28)30-20-19-25-12-7-8-18-29(25)31(30)33-23-11-13-26(33)24-32-21-9-10-22-32/h1-8,12,14-20,26H,9-11,13,21-24H2/t26-/m1/s1. The minimum atomic E-state index is -0.646. The Kier molecular flexibility index (Phi) is 6.36. The second-order valence-electron chi connectivity index (χ2n) is 9.66. The van der Waals surface area contributed by atoms with Gasteiger partial charge in [-0.3, -0.25) is 0 Å².